The Morgan fingerprint density at radius 3 is 2.39 bits per heavy atom. The second-order valence-corrected chi connectivity index (χ2v) is 11.4. The summed E-state index contributed by atoms with van der Waals surface area (Å²) in [5, 5.41) is 6.41. The van der Waals surface area contributed by atoms with Crippen molar-refractivity contribution in [1.82, 2.24) is 14.9 Å². The van der Waals surface area contributed by atoms with Crippen molar-refractivity contribution in [3.63, 3.8) is 0 Å². The Hall–Kier alpha value is -4.14. The third-order valence-electron chi connectivity index (χ3n) is 8.83. The van der Waals surface area contributed by atoms with Crippen molar-refractivity contribution >= 4 is 29.1 Å². The molecule has 0 atom stereocenters. The van der Waals surface area contributed by atoms with E-state index in [0.717, 1.165) is 84.2 Å². The van der Waals surface area contributed by atoms with Crippen LogP contribution in [0.3, 0.4) is 0 Å². The first kappa shape index (κ1) is 27.1. The number of aryl methyl sites for hydroxylation is 1. The van der Waals surface area contributed by atoms with Gasteiger partial charge in [-0.05, 0) is 68.9 Å². The lowest BCUT2D eigenvalue weighted by atomic mass is 9.75. The minimum absolute atomic E-state index is 0.00147. The molecule has 0 saturated heterocycles. The fourth-order valence-electron chi connectivity index (χ4n) is 6.48. The Kier molecular flexibility index (Phi) is 7.05. The Morgan fingerprint density at radius 1 is 1.02 bits per heavy atom. The molecule has 1 aromatic heterocycles. The van der Waals surface area contributed by atoms with Gasteiger partial charge >= 0.3 is 0 Å². The number of anilines is 3. The number of carbonyl (C=O) groups excluding carboxylic acids is 2. The molecule has 2 aromatic carbocycles. The first-order valence-corrected chi connectivity index (χ1v) is 14.4. The molecular weight excluding hydrogens is 518 g/mol. The van der Waals surface area contributed by atoms with Crippen LogP contribution in [0.2, 0.25) is 0 Å². The SMILES string of the molecule is COc1ccc(CN2C(=O)c3c(C)cc(Nc4ncnc(NC(=O)C5CC5)c4C)c(OC)c3C23CCCCC3)cc1. The molecule has 0 unspecified atom stereocenters. The van der Waals surface area contributed by atoms with Crippen molar-refractivity contribution in [3.05, 3.63) is 64.5 Å². The molecule has 1 aliphatic heterocycles. The lowest BCUT2D eigenvalue weighted by molar-refractivity contribution is -0.117. The fourth-order valence-corrected chi connectivity index (χ4v) is 6.48. The number of hydrogen-bond acceptors (Lipinski definition) is 7. The van der Waals surface area contributed by atoms with E-state index < -0.39 is 5.54 Å². The first-order chi connectivity index (χ1) is 19.9. The van der Waals surface area contributed by atoms with E-state index in [1.807, 2.05) is 44.2 Å². The number of fused-ring (bicyclic) bond motifs is 2. The van der Waals surface area contributed by atoms with Crippen LogP contribution in [0.15, 0.2) is 36.7 Å². The monoisotopic (exact) mass is 555 g/mol. The summed E-state index contributed by atoms with van der Waals surface area (Å²) < 4.78 is 11.5. The minimum atomic E-state index is -0.456. The third kappa shape index (κ3) is 4.77. The third-order valence-corrected chi connectivity index (χ3v) is 8.83. The lowest BCUT2D eigenvalue weighted by Gasteiger charge is -2.43. The number of methoxy groups -OCH3 is 2. The fraction of sp³-hybridized carbons (Fsp3) is 0.438. The summed E-state index contributed by atoms with van der Waals surface area (Å²) in [6, 6.07) is 9.90. The van der Waals surface area contributed by atoms with Gasteiger partial charge in [-0.25, -0.2) is 9.97 Å². The number of benzene rings is 2. The van der Waals surface area contributed by atoms with E-state index in [4.69, 9.17) is 9.47 Å². The van der Waals surface area contributed by atoms with Crippen molar-refractivity contribution in [2.45, 2.75) is 70.9 Å². The zero-order valence-corrected chi connectivity index (χ0v) is 24.2. The highest BCUT2D eigenvalue weighted by atomic mass is 16.5. The van der Waals surface area contributed by atoms with Gasteiger partial charge in [-0.3, -0.25) is 9.59 Å². The van der Waals surface area contributed by atoms with Crippen molar-refractivity contribution in [1.29, 1.82) is 0 Å². The molecule has 2 aliphatic carbocycles. The number of nitrogens with one attached hydrogen (secondary N) is 2. The molecule has 41 heavy (non-hydrogen) atoms. The zero-order valence-electron chi connectivity index (χ0n) is 24.2. The van der Waals surface area contributed by atoms with Crippen molar-refractivity contribution < 1.29 is 19.1 Å². The molecule has 2 amide bonds. The van der Waals surface area contributed by atoms with E-state index >= 15 is 0 Å². The average Bonchev–Trinajstić information content (AvgIpc) is 3.81. The Morgan fingerprint density at radius 2 is 1.73 bits per heavy atom. The summed E-state index contributed by atoms with van der Waals surface area (Å²) in [5.41, 5.74) is 4.69. The van der Waals surface area contributed by atoms with Gasteiger partial charge in [0.1, 0.15) is 29.5 Å². The summed E-state index contributed by atoms with van der Waals surface area (Å²) >= 11 is 0. The van der Waals surface area contributed by atoms with Gasteiger partial charge in [-0.15, -0.1) is 0 Å². The molecule has 3 aromatic rings. The average molecular weight is 556 g/mol. The van der Waals surface area contributed by atoms with Gasteiger partial charge in [0.15, 0.2) is 0 Å². The quantitative estimate of drug-likeness (QED) is 0.350. The molecular formula is C32H37N5O4. The molecule has 2 N–H and O–H groups in total. The molecule has 2 saturated carbocycles. The van der Waals surface area contributed by atoms with E-state index in [1.54, 1.807) is 14.2 Å². The number of aromatic nitrogens is 2. The minimum Gasteiger partial charge on any atom is -0.497 e. The van der Waals surface area contributed by atoms with E-state index in [0.29, 0.717) is 23.9 Å². The molecule has 0 radical (unpaired) electrons. The van der Waals surface area contributed by atoms with Gasteiger partial charge in [0.2, 0.25) is 5.91 Å². The van der Waals surface area contributed by atoms with Crippen LogP contribution in [-0.4, -0.2) is 40.9 Å². The number of amides is 2. The number of ether oxygens (including phenoxy) is 2. The molecule has 1 spiro atoms. The summed E-state index contributed by atoms with van der Waals surface area (Å²) in [4.78, 5) is 37.5. The van der Waals surface area contributed by atoms with Crippen molar-refractivity contribution in [2.24, 2.45) is 5.92 Å². The number of hydrogen-bond donors (Lipinski definition) is 2. The summed E-state index contributed by atoms with van der Waals surface area (Å²) in [6.07, 6.45) is 8.28. The van der Waals surface area contributed by atoms with E-state index in [2.05, 4.69) is 25.5 Å². The molecule has 9 heteroatoms. The van der Waals surface area contributed by atoms with Gasteiger partial charge in [-0.1, -0.05) is 31.4 Å². The first-order valence-electron chi connectivity index (χ1n) is 14.4. The molecule has 214 valence electrons. The lowest BCUT2D eigenvalue weighted by Crippen LogP contribution is -2.44. The second-order valence-electron chi connectivity index (χ2n) is 11.4. The van der Waals surface area contributed by atoms with Crippen LogP contribution >= 0.6 is 0 Å². The number of carbonyl (C=O) groups is 2. The van der Waals surface area contributed by atoms with Crippen LogP contribution in [0, 0.1) is 19.8 Å². The van der Waals surface area contributed by atoms with Gasteiger partial charge < -0.3 is 25.0 Å². The molecule has 2 fully saturated rings. The smallest absolute Gasteiger partial charge is 0.255 e. The Bertz CT molecular complexity index is 1490. The van der Waals surface area contributed by atoms with Crippen LogP contribution in [0.5, 0.6) is 11.5 Å². The van der Waals surface area contributed by atoms with Crippen LogP contribution in [-0.2, 0) is 16.9 Å². The van der Waals surface area contributed by atoms with Crippen molar-refractivity contribution in [3.8, 4) is 11.5 Å². The van der Waals surface area contributed by atoms with Crippen molar-refractivity contribution in [2.75, 3.05) is 24.9 Å². The van der Waals surface area contributed by atoms with Crippen LogP contribution < -0.4 is 20.1 Å². The predicted octanol–water partition coefficient (Wildman–Crippen LogP) is 6.02. The Balaban J connectivity index is 1.40. The molecule has 9 nitrogen and oxygen atoms in total. The standard InChI is InChI=1S/C32H37N5O4/c1-19-16-24(35-28-20(2)29(34-18-33-28)36-30(38)22-10-11-22)27(41-4)26-25(19)31(39)37(32(26)14-6-5-7-15-32)17-21-8-12-23(40-3)13-9-21/h8-9,12-13,16,18,22H,5-7,10-11,14-15,17H2,1-4H3,(H2,33,34,35,36,38). The summed E-state index contributed by atoms with van der Waals surface area (Å²) in [5.74, 6) is 2.66. The maximum Gasteiger partial charge on any atom is 0.255 e. The highest BCUT2D eigenvalue weighted by Gasteiger charge is 2.52. The van der Waals surface area contributed by atoms with Gasteiger partial charge in [0, 0.05) is 23.6 Å². The van der Waals surface area contributed by atoms with E-state index in [-0.39, 0.29) is 17.7 Å². The van der Waals surface area contributed by atoms with Crippen LogP contribution in [0.1, 0.15) is 77.6 Å². The number of nitrogens with zero attached hydrogens (tertiary/aromatic N) is 3. The maximum atomic E-state index is 14.2. The summed E-state index contributed by atoms with van der Waals surface area (Å²) in [6.45, 7) is 4.39. The van der Waals surface area contributed by atoms with Gasteiger partial charge in [0.25, 0.3) is 5.91 Å². The number of rotatable bonds is 8. The van der Waals surface area contributed by atoms with E-state index in [1.165, 1.54) is 6.33 Å². The van der Waals surface area contributed by atoms with Gasteiger partial charge in [0.05, 0.1) is 31.0 Å². The van der Waals surface area contributed by atoms with Gasteiger partial charge in [-0.2, -0.15) is 0 Å². The molecule has 3 aliphatic rings. The maximum absolute atomic E-state index is 14.2. The largest absolute Gasteiger partial charge is 0.497 e. The van der Waals surface area contributed by atoms with E-state index in [9.17, 15) is 9.59 Å². The highest BCUT2D eigenvalue weighted by molar-refractivity contribution is 6.03. The predicted molar refractivity (Wildman–Crippen MR) is 157 cm³/mol. The summed E-state index contributed by atoms with van der Waals surface area (Å²) in [7, 11) is 3.32. The molecule has 6 rings (SSSR count). The second kappa shape index (κ2) is 10.7. The topological polar surface area (TPSA) is 106 Å². The van der Waals surface area contributed by atoms with Crippen LogP contribution in [0.25, 0.3) is 0 Å². The molecule has 2 heterocycles. The normalized spacial score (nSPS) is 17.4. The Labute approximate surface area is 240 Å². The molecule has 0 bridgehead atoms. The zero-order chi connectivity index (χ0) is 28.7. The van der Waals surface area contributed by atoms with Crippen LogP contribution in [0.4, 0.5) is 17.3 Å². The highest BCUT2D eigenvalue weighted by Crippen LogP contribution is 2.55.